The van der Waals surface area contributed by atoms with Crippen LogP contribution < -0.4 is 10.1 Å². The lowest BCUT2D eigenvalue weighted by molar-refractivity contribution is 0.00169. The van der Waals surface area contributed by atoms with Gasteiger partial charge in [0.15, 0.2) is 5.65 Å². The molecule has 0 aromatic carbocycles. The molecule has 3 aromatic rings. The van der Waals surface area contributed by atoms with Crippen molar-refractivity contribution in [3.63, 3.8) is 0 Å². The van der Waals surface area contributed by atoms with Crippen LogP contribution in [0.25, 0.3) is 22.6 Å². The number of hydrogen-bond acceptors (Lipinski definition) is 7. The quantitative estimate of drug-likeness (QED) is 0.592. The van der Waals surface area contributed by atoms with Gasteiger partial charge in [0.1, 0.15) is 23.0 Å². The molecule has 8 nitrogen and oxygen atoms in total. The van der Waals surface area contributed by atoms with E-state index in [9.17, 15) is 4.39 Å². The summed E-state index contributed by atoms with van der Waals surface area (Å²) in [5.41, 5.74) is 2.64. The maximum Gasteiger partial charge on any atom is 0.318 e. The van der Waals surface area contributed by atoms with E-state index >= 15 is 4.39 Å². The molecule has 0 saturated carbocycles. The molecule has 1 N–H and O–H groups in total. The van der Waals surface area contributed by atoms with E-state index in [1.165, 1.54) is 12.3 Å². The van der Waals surface area contributed by atoms with Gasteiger partial charge in [0.05, 0.1) is 37.8 Å². The monoisotopic (exact) mass is 468 g/mol. The number of fused-ring (bicyclic) bond motifs is 1. The fourth-order valence-electron chi connectivity index (χ4n) is 4.37. The van der Waals surface area contributed by atoms with Gasteiger partial charge in [0.2, 0.25) is 0 Å². The zero-order chi connectivity index (χ0) is 23.7. The first-order valence-corrected chi connectivity index (χ1v) is 11.4. The second-order valence-electron chi connectivity index (χ2n) is 8.38. The van der Waals surface area contributed by atoms with E-state index in [-0.39, 0.29) is 36.8 Å². The molecule has 1 saturated heterocycles. The van der Waals surface area contributed by atoms with Crippen LogP contribution in [0.2, 0.25) is 0 Å². The van der Waals surface area contributed by atoms with E-state index in [1.807, 2.05) is 13.0 Å². The Morgan fingerprint density at radius 2 is 2.12 bits per heavy atom. The highest BCUT2D eigenvalue weighted by atomic mass is 19.1. The second-order valence-corrected chi connectivity index (χ2v) is 8.38. The summed E-state index contributed by atoms with van der Waals surface area (Å²) in [7, 11) is 0. The molecule has 34 heavy (non-hydrogen) atoms. The minimum Gasteiger partial charge on any atom is -0.464 e. The SMILES string of the molecule is CCOc1nc(C)c2nc(-c3cncc(F)c3)n(CC3=C(F)CC(C4CNCCO4)C=C3)c2n1. The summed E-state index contributed by atoms with van der Waals surface area (Å²) in [5, 5.41) is 3.29. The van der Waals surface area contributed by atoms with Crippen molar-refractivity contribution in [2.45, 2.75) is 32.9 Å². The standard InChI is InChI=1S/C24H26F2N6O2/c1-3-33-24-29-14(2)21-23(31-24)32(22(30-21)17-8-18(25)11-28-10-17)13-16-5-4-15(9-19(16)26)20-12-27-6-7-34-20/h4-5,8,10-11,15,20,27H,3,6-7,9,12-13H2,1-2H3. The zero-order valence-corrected chi connectivity index (χ0v) is 19.1. The van der Waals surface area contributed by atoms with Crippen LogP contribution in [0.1, 0.15) is 19.0 Å². The van der Waals surface area contributed by atoms with Gasteiger partial charge in [-0.3, -0.25) is 4.98 Å². The molecule has 1 fully saturated rings. The Kier molecular flexibility index (Phi) is 6.34. The first kappa shape index (κ1) is 22.5. The van der Waals surface area contributed by atoms with Gasteiger partial charge < -0.3 is 19.4 Å². The van der Waals surface area contributed by atoms with E-state index in [0.717, 1.165) is 12.7 Å². The van der Waals surface area contributed by atoms with Crippen LogP contribution in [-0.2, 0) is 11.3 Å². The fraction of sp³-hybridized carbons (Fsp3) is 0.417. The third-order valence-corrected chi connectivity index (χ3v) is 6.06. The third-order valence-electron chi connectivity index (χ3n) is 6.06. The third kappa shape index (κ3) is 4.43. The van der Waals surface area contributed by atoms with Crippen LogP contribution >= 0.6 is 0 Å². The van der Waals surface area contributed by atoms with Gasteiger partial charge in [0.25, 0.3) is 0 Å². The number of allylic oxidation sites excluding steroid dienone is 3. The number of nitrogens with one attached hydrogen (secondary N) is 1. The van der Waals surface area contributed by atoms with Crippen molar-refractivity contribution in [3.8, 4) is 17.4 Å². The van der Waals surface area contributed by atoms with Gasteiger partial charge in [0, 0.05) is 42.8 Å². The average molecular weight is 469 g/mol. The van der Waals surface area contributed by atoms with Crippen LogP contribution in [0.5, 0.6) is 6.01 Å². The lowest BCUT2D eigenvalue weighted by atomic mass is 9.90. The molecule has 3 aromatic heterocycles. The highest BCUT2D eigenvalue weighted by Crippen LogP contribution is 2.32. The number of pyridine rings is 1. The van der Waals surface area contributed by atoms with Gasteiger partial charge in [-0.05, 0) is 19.9 Å². The van der Waals surface area contributed by atoms with E-state index in [2.05, 4.69) is 25.3 Å². The number of nitrogens with zero attached hydrogens (tertiary/aromatic N) is 5. The van der Waals surface area contributed by atoms with Gasteiger partial charge in [-0.2, -0.15) is 9.97 Å². The van der Waals surface area contributed by atoms with Crippen LogP contribution in [0.3, 0.4) is 0 Å². The molecule has 0 spiro atoms. The minimum atomic E-state index is -0.485. The van der Waals surface area contributed by atoms with Gasteiger partial charge >= 0.3 is 6.01 Å². The normalized spacial score (nSPS) is 20.8. The molecule has 10 heteroatoms. The predicted molar refractivity (Wildman–Crippen MR) is 122 cm³/mol. The number of morpholine rings is 1. The molecule has 0 radical (unpaired) electrons. The summed E-state index contributed by atoms with van der Waals surface area (Å²) in [6.07, 6.45) is 6.67. The van der Waals surface area contributed by atoms with E-state index in [4.69, 9.17) is 9.47 Å². The van der Waals surface area contributed by atoms with Crippen LogP contribution in [0.4, 0.5) is 8.78 Å². The smallest absolute Gasteiger partial charge is 0.318 e. The molecule has 5 rings (SSSR count). The number of hydrogen-bond donors (Lipinski definition) is 1. The summed E-state index contributed by atoms with van der Waals surface area (Å²) in [4.78, 5) is 17.5. The Morgan fingerprint density at radius 3 is 2.85 bits per heavy atom. The Morgan fingerprint density at radius 1 is 1.24 bits per heavy atom. The van der Waals surface area contributed by atoms with Crippen molar-refractivity contribution in [2.24, 2.45) is 5.92 Å². The molecule has 0 amide bonds. The Balaban J connectivity index is 1.55. The number of aryl methyl sites for hydroxylation is 1. The number of ether oxygens (including phenoxy) is 2. The van der Waals surface area contributed by atoms with Crippen molar-refractivity contribution in [3.05, 3.63) is 53.5 Å². The van der Waals surface area contributed by atoms with Gasteiger partial charge in [-0.1, -0.05) is 12.2 Å². The summed E-state index contributed by atoms with van der Waals surface area (Å²) < 4.78 is 42.4. The molecule has 2 aliphatic rings. The topological polar surface area (TPSA) is 87.0 Å². The molecular weight excluding hydrogens is 442 g/mol. The number of imidazole rings is 1. The largest absolute Gasteiger partial charge is 0.464 e. The Labute approximate surface area is 195 Å². The van der Waals surface area contributed by atoms with Gasteiger partial charge in [-0.15, -0.1) is 0 Å². The lowest BCUT2D eigenvalue weighted by Gasteiger charge is -2.30. The number of aromatic nitrogens is 5. The highest BCUT2D eigenvalue weighted by molar-refractivity contribution is 5.79. The van der Waals surface area contributed by atoms with E-state index in [1.54, 1.807) is 17.6 Å². The molecular formula is C24H26F2N6O2. The summed E-state index contributed by atoms with van der Waals surface area (Å²) in [6.45, 7) is 6.37. The van der Waals surface area contributed by atoms with Gasteiger partial charge in [-0.25, -0.2) is 13.8 Å². The van der Waals surface area contributed by atoms with Crippen molar-refractivity contribution in [2.75, 3.05) is 26.3 Å². The van der Waals surface area contributed by atoms with Crippen LogP contribution in [-0.4, -0.2) is 56.9 Å². The minimum absolute atomic E-state index is 0.0305. The number of rotatable bonds is 6. The average Bonchev–Trinajstić information content (AvgIpc) is 3.20. The Bertz CT molecular complexity index is 1270. The van der Waals surface area contributed by atoms with E-state index < -0.39 is 5.82 Å². The summed E-state index contributed by atoms with van der Waals surface area (Å²) in [5.74, 6) is -0.288. The molecule has 178 valence electrons. The first-order valence-electron chi connectivity index (χ1n) is 11.4. The molecule has 2 unspecified atom stereocenters. The molecule has 1 aliphatic carbocycles. The van der Waals surface area contributed by atoms with Crippen LogP contribution in [0.15, 0.2) is 42.0 Å². The van der Waals surface area contributed by atoms with Crippen LogP contribution in [0, 0.1) is 18.7 Å². The molecule has 0 bridgehead atoms. The highest BCUT2D eigenvalue weighted by Gasteiger charge is 2.28. The van der Waals surface area contributed by atoms with Crippen molar-refractivity contribution in [1.82, 2.24) is 29.8 Å². The van der Waals surface area contributed by atoms with Crippen molar-refractivity contribution < 1.29 is 18.3 Å². The molecule has 1 aliphatic heterocycles. The summed E-state index contributed by atoms with van der Waals surface area (Å²) >= 11 is 0. The van der Waals surface area contributed by atoms with Crippen molar-refractivity contribution in [1.29, 1.82) is 0 Å². The maximum atomic E-state index is 15.3. The predicted octanol–water partition coefficient (Wildman–Crippen LogP) is 3.52. The fourth-order valence-corrected chi connectivity index (χ4v) is 4.37. The zero-order valence-electron chi connectivity index (χ0n) is 19.1. The molecule has 4 heterocycles. The summed E-state index contributed by atoms with van der Waals surface area (Å²) in [6, 6.07) is 1.56. The number of halogens is 2. The first-order chi connectivity index (χ1) is 16.5. The Hall–Kier alpha value is -3.24. The maximum absolute atomic E-state index is 15.3. The van der Waals surface area contributed by atoms with E-state index in [0.29, 0.717) is 53.6 Å². The second kappa shape index (κ2) is 9.55. The molecule has 2 atom stereocenters. The lowest BCUT2D eigenvalue weighted by Crippen LogP contribution is -2.42. The van der Waals surface area contributed by atoms with Crippen molar-refractivity contribution >= 4 is 11.2 Å².